The Labute approximate surface area is 192 Å². The van der Waals surface area contributed by atoms with Gasteiger partial charge in [0.15, 0.2) is 17.0 Å². The van der Waals surface area contributed by atoms with Crippen LogP contribution in [0.3, 0.4) is 0 Å². The summed E-state index contributed by atoms with van der Waals surface area (Å²) in [4.78, 5) is 24.6. The number of aliphatic hydroxyl groups excluding tert-OH is 1. The molecule has 0 spiro atoms. The number of rotatable bonds is 9. The van der Waals surface area contributed by atoms with E-state index >= 15 is 0 Å². The summed E-state index contributed by atoms with van der Waals surface area (Å²) in [6.07, 6.45) is -0.311. The molecule has 3 rings (SSSR count). The summed E-state index contributed by atoms with van der Waals surface area (Å²) in [5.41, 5.74) is 5.62. The predicted molar refractivity (Wildman–Crippen MR) is 122 cm³/mol. The molecule has 33 heavy (non-hydrogen) atoms. The third kappa shape index (κ3) is 5.28. The highest BCUT2D eigenvalue weighted by Crippen LogP contribution is 2.43. The minimum atomic E-state index is -2.81. The predicted octanol–water partition coefficient (Wildman–Crippen LogP) is 1.07. The van der Waals surface area contributed by atoms with Gasteiger partial charge in [0.25, 0.3) is 8.18 Å². The van der Waals surface area contributed by atoms with Crippen molar-refractivity contribution in [3.05, 3.63) is 6.33 Å². The Hall–Kier alpha value is -2.31. The van der Waals surface area contributed by atoms with Crippen molar-refractivity contribution in [1.82, 2.24) is 24.6 Å². The van der Waals surface area contributed by atoms with Crippen LogP contribution in [-0.2, 0) is 23.4 Å². The average Bonchev–Trinajstić information content (AvgIpc) is 3.26. The molecule has 3 heterocycles. The molecular weight excluding hydrogens is 453 g/mol. The van der Waals surface area contributed by atoms with Crippen molar-refractivity contribution in [2.24, 2.45) is 5.92 Å². The third-order valence-corrected chi connectivity index (χ3v) is 6.52. The van der Waals surface area contributed by atoms with Crippen LogP contribution in [0.25, 0.3) is 11.2 Å². The fourth-order valence-electron chi connectivity index (χ4n) is 3.71. The van der Waals surface area contributed by atoms with Crippen LogP contribution in [0.1, 0.15) is 40.8 Å². The highest BCUT2D eigenvalue weighted by Gasteiger charge is 2.51. The Morgan fingerprint density at radius 2 is 2.12 bits per heavy atom. The molecule has 0 aromatic carbocycles. The van der Waals surface area contributed by atoms with Crippen LogP contribution in [-0.4, -0.2) is 68.1 Å². The van der Waals surface area contributed by atoms with Crippen molar-refractivity contribution < 1.29 is 28.5 Å². The van der Waals surface area contributed by atoms with E-state index in [4.69, 9.17) is 19.7 Å². The Bertz CT molecular complexity index is 1030. The van der Waals surface area contributed by atoms with Crippen LogP contribution in [0, 0.1) is 5.92 Å². The number of aliphatic hydroxyl groups is 1. The molecule has 5 N–H and O–H groups in total. The molecule has 0 bridgehead atoms. The van der Waals surface area contributed by atoms with Crippen molar-refractivity contribution in [3.8, 4) is 0 Å². The number of hydrogen-bond donors (Lipinski definition) is 4. The molecule has 6 atom stereocenters. The smallest absolute Gasteiger partial charge is 0.323 e. The van der Waals surface area contributed by atoms with E-state index < -0.39 is 38.1 Å². The summed E-state index contributed by atoms with van der Waals surface area (Å²) in [5.74, 6) is -0.359. The van der Waals surface area contributed by atoms with Crippen LogP contribution in [0.5, 0.6) is 0 Å². The first-order valence-corrected chi connectivity index (χ1v) is 12.0. The van der Waals surface area contributed by atoms with Gasteiger partial charge in [-0.15, -0.1) is 0 Å². The van der Waals surface area contributed by atoms with Crippen LogP contribution in [0.4, 0.5) is 11.8 Å². The van der Waals surface area contributed by atoms with Gasteiger partial charge in [-0.2, -0.15) is 9.97 Å². The van der Waals surface area contributed by atoms with Gasteiger partial charge in [0.05, 0.1) is 25.1 Å². The van der Waals surface area contributed by atoms with Crippen molar-refractivity contribution in [2.45, 2.75) is 64.7 Å². The van der Waals surface area contributed by atoms with E-state index in [-0.39, 0.29) is 24.6 Å². The van der Waals surface area contributed by atoms with Gasteiger partial charge in [0, 0.05) is 13.0 Å². The summed E-state index contributed by atoms with van der Waals surface area (Å²) >= 11 is 0. The largest absolute Gasteiger partial charge is 0.462 e. The molecule has 1 unspecified atom stereocenters. The normalized spacial score (nSPS) is 27.1. The third-order valence-electron chi connectivity index (χ3n) is 5.44. The van der Waals surface area contributed by atoms with Crippen molar-refractivity contribution in [3.63, 3.8) is 0 Å². The molecule has 0 aliphatic carbocycles. The average molecular weight is 485 g/mol. The zero-order valence-corrected chi connectivity index (χ0v) is 20.5. The quantitative estimate of drug-likeness (QED) is 0.294. The Morgan fingerprint density at radius 3 is 2.76 bits per heavy atom. The van der Waals surface area contributed by atoms with Crippen LogP contribution in [0.2, 0.25) is 0 Å². The number of anilines is 2. The van der Waals surface area contributed by atoms with Crippen LogP contribution >= 0.6 is 8.18 Å². The SMILES string of the molecule is CNc1nc(N)nc2c1ncn2[C@@H]1O[C@](C)(CO[PH](=O)N[C@@H](C)C(=O)OC(C)C)[C@@H](O)[C@@H]1C. The number of aromatic nitrogens is 4. The number of nitrogens with two attached hydrogens (primary N) is 1. The van der Waals surface area contributed by atoms with Crippen LogP contribution in [0.15, 0.2) is 6.33 Å². The number of fused-ring (bicyclic) bond motifs is 1. The highest BCUT2D eigenvalue weighted by atomic mass is 31.1. The molecule has 184 valence electrons. The fraction of sp³-hybridized carbons (Fsp3) is 0.684. The van der Waals surface area contributed by atoms with Crippen molar-refractivity contribution >= 4 is 37.1 Å². The van der Waals surface area contributed by atoms with Gasteiger partial charge in [-0.05, 0) is 27.7 Å². The minimum absolute atomic E-state index is 0.0701. The Kier molecular flexibility index (Phi) is 7.59. The van der Waals surface area contributed by atoms with Crippen molar-refractivity contribution in [2.75, 3.05) is 24.7 Å². The molecule has 1 aliphatic heterocycles. The van der Waals surface area contributed by atoms with E-state index in [1.807, 2.05) is 6.92 Å². The molecule has 0 saturated carbocycles. The monoisotopic (exact) mass is 485 g/mol. The summed E-state index contributed by atoms with van der Waals surface area (Å²) in [7, 11) is -1.11. The number of hydrogen-bond acceptors (Lipinski definition) is 11. The maximum Gasteiger partial charge on any atom is 0.323 e. The molecule has 14 heteroatoms. The van der Waals surface area contributed by atoms with Gasteiger partial charge in [0.1, 0.15) is 17.9 Å². The number of ether oxygens (including phenoxy) is 2. The molecular formula is C19H32N7O6P. The first-order chi connectivity index (χ1) is 15.5. The maximum atomic E-state index is 12.4. The lowest BCUT2D eigenvalue weighted by molar-refractivity contribution is -0.149. The lowest BCUT2D eigenvalue weighted by atomic mass is 9.93. The first-order valence-electron chi connectivity index (χ1n) is 10.6. The summed E-state index contributed by atoms with van der Waals surface area (Å²) in [6, 6.07) is -0.809. The van der Waals surface area contributed by atoms with Gasteiger partial charge in [-0.3, -0.25) is 13.9 Å². The molecule has 2 aromatic heterocycles. The zero-order chi connectivity index (χ0) is 24.5. The first kappa shape index (κ1) is 25.3. The number of nitrogen functional groups attached to an aromatic ring is 1. The van der Waals surface area contributed by atoms with Gasteiger partial charge >= 0.3 is 5.97 Å². The second-order valence-electron chi connectivity index (χ2n) is 8.56. The molecule has 2 aromatic rings. The van der Waals surface area contributed by atoms with Gasteiger partial charge in [0.2, 0.25) is 5.95 Å². The number of carbonyl (C=O) groups is 1. The van der Waals surface area contributed by atoms with E-state index in [1.54, 1.807) is 38.7 Å². The summed E-state index contributed by atoms with van der Waals surface area (Å²) < 4.78 is 30.8. The van der Waals surface area contributed by atoms with Crippen molar-refractivity contribution in [1.29, 1.82) is 0 Å². The lowest BCUT2D eigenvalue weighted by Gasteiger charge is -2.27. The molecule has 0 radical (unpaired) electrons. The number of imidazole rings is 1. The van der Waals surface area contributed by atoms with E-state index in [0.29, 0.717) is 17.0 Å². The van der Waals surface area contributed by atoms with E-state index in [0.717, 1.165) is 0 Å². The Balaban J connectivity index is 1.71. The number of esters is 1. The second kappa shape index (κ2) is 9.90. The summed E-state index contributed by atoms with van der Waals surface area (Å²) in [5, 5.41) is 16.4. The molecule has 0 amide bonds. The standard InChI is InChI=1S/C19H32N7O6P/c1-9(2)31-17(28)11(4)25-33(29)30-7-19(5)13(27)10(3)16(32-19)26-8-22-12-14(21-6)23-18(20)24-15(12)26/h8-11,13,16,27,33H,7H2,1-6H3,(H,25,29)(H3,20,21,23,24)/t10-,11-,13-,16+,19+/m0/s1. The van der Waals surface area contributed by atoms with Gasteiger partial charge in [-0.1, -0.05) is 6.92 Å². The van der Waals surface area contributed by atoms with E-state index in [2.05, 4.69) is 25.4 Å². The van der Waals surface area contributed by atoms with Crippen LogP contribution < -0.4 is 16.1 Å². The lowest BCUT2D eigenvalue weighted by Crippen LogP contribution is -2.42. The maximum absolute atomic E-state index is 12.4. The zero-order valence-electron chi connectivity index (χ0n) is 19.5. The molecule has 1 fully saturated rings. The molecule has 1 aliphatic rings. The number of carbonyl (C=O) groups excluding carboxylic acids is 1. The number of nitrogens with zero attached hydrogens (tertiary/aromatic N) is 4. The van der Waals surface area contributed by atoms with E-state index in [1.165, 1.54) is 6.92 Å². The van der Waals surface area contributed by atoms with Gasteiger partial charge in [-0.25, -0.2) is 10.1 Å². The number of nitrogens with one attached hydrogen (secondary N) is 2. The molecule has 1 saturated heterocycles. The Morgan fingerprint density at radius 1 is 1.42 bits per heavy atom. The summed E-state index contributed by atoms with van der Waals surface area (Å²) in [6.45, 7) is 8.31. The topological polar surface area (TPSA) is 176 Å². The minimum Gasteiger partial charge on any atom is -0.462 e. The van der Waals surface area contributed by atoms with Gasteiger partial charge < -0.3 is 30.2 Å². The molecule has 13 nitrogen and oxygen atoms in total. The highest BCUT2D eigenvalue weighted by molar-refractivity contribution is 7.36. The fourth-order valence-corrected chi connectivity index (χ4v) is 4.68. The second-order valence-corrected chi connectivity index (χ2v) is 9.71. The van der Waals surface area contributed by atoms with E-state index in [9.17, 15) is 14.5 Å².